The fourth-order valence-electron chi connectivity index (χ4n) is 1.95. The van der Waals surface area contributed by atoms with Crippen LogP contribution in [-0.2, 0) is 6.54 Å². The molecule has 0 spiro atoms. The lowest BCUT2D eigenvalue weighted by molar-refractivity contribution is 0.865. The van der Waals surface area contributed by atoms with E-state index in [1.165, 1.54) is 11.1 Å². The van der Waals surface area contributed by atoms with E-state index in [1.54, 1.807) is 12.1 Å². The summed E-state index contributed by atoms with van der Waals surface area (Å²) in [5.41, 5.74) is 3.96. The lowest BCUT2D eigenvalue weighted by Gasteiger charge is -2.10. The molecule has 0 aliphatic rings. The molecule has 0 aromatic heterocycles. The van der Waals surface area contributed by atoms with Crippen molar-refractivity contribution in [3.63, 3.8) is 0 Å². The lowest BCUT2D eigenvalue weighted by atomic mass is 10.0. The number of hydrogen-bond acceptors (Lipinski definition) is 2. The van der Waals surface area contributed by atoms with Crippen LogP contribution in [0.25, 0.3) is 0 Å². The Kier molecular flexibility index (Phi) is 4.65. The third-order valence-electron chi connectivity index (χ3n) is 3.23. The van der Waals surface area contributed by atoms with Crippen LogP contribution in [0.1, 0.15) is 36.5 Å². The molecule has 0 heterocycles. The zero-order valence-electron chi connectivity index (χ0n) is 11.7. The Hall–Kier alpha value is -1.98. The third kappa shape index (κ3) is 3.53. The van der Waals surface area contributed by atoms with Gasteiger partial charge in [0.25, 0.3) is 0 Å². The van der Waals surface area contributed by atoms with Crippen LogP contribution in [0.3, 0.4) is 0 Å². The zero-order valence-corrected chi connectivity index (χ0v) is 12.4. The summed E-state index contributed by atoms with van der Waals surface area (Å²) in [4.78, 5) is 0. The van der Waals surface area contributed by atoms with Gasteiger partial charge in [-0.15, -0.1) is 0 Å². The van der Waals surface area contributed by atoms with E-state index >= 15 is 0 Å². The van der Waals surface area contributed by atoms with Crippen molar-refractivity contribution in [1.82, 2.24) is 0 Å². The summed E-state index contributed by atoms with van der Waals surface area (Å²) in [7, 11) is 0. The summed E-state index contributed by atoms with van der Waals surface area (Å²) in [5.74, 6) is 0.546. The van der Waals surface area contributed by atoms with Crippen molar-refractivity contribution in [3.05, 3.63) is 64.2 Å². The molecule has 0 aliphatic carbocycles. The molecule has 2 rings (SSSR count). The first kappa shape index (κ1) is 14.4. The molecular weight excluding hydrogens is 268 g/mol. The Balaban J connectivity index is 2.03. The summed E-state index contributed by atoms with van der Waals surface area (Å²) < 4.78 is 0. The van der Waals surface area contributed by atoms with E-state index in [4.69, 9.17) is 16.9 Å². The van der Waals surface area contributed by atoms with Crippen LogP contribution in [0.4, 0.5) is 5.69 Å². The Morgan fingerprint density at radius 3 is 2.40 bits per heavy atom. The molecule has 20 heavy (non-hydrogen) atoms. The highest BCUT2D eigenvalue weighted by atomic mass is 35.5. The highest BCUT2D eigenvalue weighted by Crippen LogP contribution is 2.23. The first-order valence-electron chi connectivity index (χ1n) is 6.62. The predicted molar refractivity (Wildman–Crippen MR) is 84.0 cm³/mol. The van der Waals surface area contributed by atoms with Gasteiger partial charge in [-0.25, -0.2) is 0 Å². The van der Waals surface area contributed by atoms with Crippen molar-refractivity contribution in [3.8, 4) is 6.07 Å². The van der Waals surface area contributed by atoms with Crippen molar-refractivity contribution in [2.75, 3.05) is 5.32 Å². The van der Waals surface area contributed by atoms with Gasteiger partial charge in [-0.3, -0.25) is 0 Å². The lowest BCUT2D eigenvalue weighted by Crippen LogP contribution is -2.00. The highest BCUT2D eigenvalue weighted by Gasteiger charge is 2.02. The second kappa shape index (κ2) is 6.45. The van der Waals surface area contributed by atoms with Crippen LogP contribution in [0.5, 0.6) is 0 Å². The number of hydrogen-bond donors (Lipinski definition) is 1. The Morgan fingerprint density at radius 2 is 1.85 bits per heavy atom. The van der Waals surface area contributed by atoms with Crippen LogP contribution < -0.4 is 5.32 Å². The molecule has 102 valence electrons. The minimum absolute atomic E-state index is 0.546. The van der Waals surface area contributed by atoms with Gasteiger partial charge in [-0.1, -0.05) is 49.7 Å². The zero-order chi connectivity index (χ0) is 14.5. The van der Waals surface area contributed by atoms with Crippen LogP contribution in [0.15, 0.2) is 42.5 Å². The Morgan fingerprint density at radius 1 is 1.15 bits per heavy atom. The Bertz CT molecular complexity index is 624. The minimum atomic E-state index is 0.546. The second-order valence-electron chi connectivity index (χ2n) is 5.06. The molecular formula is C17H17ClN2. The van der Waals surface area contributed by atoms with Gasteiger partial charge < -0.3 is 5.32 Å². The quantitative estimate of drug-likeness (QED) is 0.862. The summed E-state index contributed by atoms with van der Waals surface area (Å²) in [6, 6.07) is 15.9. The van der Waals surface area contributed by atoms with Crippen LogP contribution in [-0.4, -0.2) is 0 Å². The maximum atomic E-state index is 8.80. The standard InChI is InChI=1S/C17H17ClN2/c1-12(2)15-6-3-13(4-7-15)11-20-17-8-5-14(10-19)9-16(17)18/h3-9,12,20H,11H2,1-2H3. The maximum Gasteiger partial charge on any atom is 0.0992 e. The number of halogens is 1. The molecule has 0 unspecified atom stereocenters. The molecule has 0 atom stereocenters. The number of nitrogens with one attached hydrogen (secondary N) is 1. The van der Waals surface area contributed by atoms with Crippen molar-refractivity contribution in [1.29, 1.82) is 5.26 Å². The van der Waals surface area contributed by atoms with E-state index in [1.807, 2.05) is 6.07 Å². The van der Waals surface area contributed by atoms with E-state index in [0.29, 0.717) is 23.0 Å². The van der Waals surface area contributed by atoms with Crippen LogP contribution in [0.2, 0.25) is 5.02 Å². The molecule has 0 bridgehead atoms. The maximum absolute atomic E-state index is 8.80. The Labute approximate surface area is 125 Å². The normalized spacial score (nSPS) is 10.3. The van der Waals surface area contributed by atoms with E-state index in [2.05, 4.69) is 49.5 Å². The number of rotatable bonds is 4. The molecule has 3 heteroatoms. The first-order valence-corrected chi connectivity index (χ1v) is 7.00. The number of anilines is 1. The molecule has 0 fully saturated rings. The summed E-state index contributed by atoms with van der Waals surface area (Å²) >= 11 is 6.13. The number of nitriles is 1. The van der Waals surface area contributed by atoms with E-state index in [9.17, 15) is 0 Å². The molecule has 2 aromatic carbocycles. The molecule has 2 nitrogen and oxygen atoms in total. The van der Waals surface area contributed by atoms with Crippen LogP contribution >= 0.6 is 11.6 Å². The van der Waals surface area contributed by atoms with Crippen molar-refractivity contribution < 1.29 is 0 Å². The average Bonchev–Trinajstić information content (AvgIpc) is 2.46. The molecule has 0 saturated carbocycles. The van der Waals surface area contributed by atoms with Gasteiger partial charge in [-0.05, 0) is 35.2 Å². The number of benzene rings is 2. The van der Waals surface area contributed by atoms with Gasteiger partial charge in [-0.2, -0.15) is 5.26 Å². The first-order chi connectivity index (χ1) is 9.60. The van der Waals surface area contributed by atoms with Gasteiger partial charge in [0, 0.05) is 6.54 Å². The molecule has 2 aromatic rings. The van der Waals surface area contributed by atoms with Gasteiger partial charge >= 0.3 is 0 Å². The molecule has 1 N–H and O–H groups in total. The molecule has 0 radical (unpaired) electrons. The van der Waals surface area contributed by atoms with Gasteiger partial charge in [0.15, 0.2) is 0 Å². The van der Waals surface area contributed by atoms with Gasteiger partial charge in [0.05, 0.1) is 22.3 Å². The van der Waals surface area contributed by atoms with Crippen LogP contribution in [0, 0.1) is 11.3 Å². The van der Waals surface area contributed by atoms with E-state index < -0.39 is 0 Å². The minimum Gasteiger partial charge on any atom is -0.380 e. The van der Waals surface area contributed by atoms with Gasteiger partial charge in [0.1, 0.15) is 0 Å². The van der Waals surface area contributed by atoms with E-state index in [-0.39, 0.29) is 0 Å². The highest BCUT2D eigenvalue weighted by molar-refractivity contribution is 6.33. The van der Waals surface area contributed by atoms with E-state index in [0.717, 1.165) is 5.69 Å². The summed E-state index contributed by atoms with van der Waals surface area (Å²) in [5, 5.41) is 12.7. The number of nitrogens with zero attached hydrogens (tertiary/aromatic N) is 1. The van der Waals surface area contributed by atoms with Crippen molar-refractivity contribution >= 4 is 17.3 Å². The summed E-state index contributed by atoms with van der Waals surface area (Å²) in [6.45, 7) is 5.08. The fraction of sp³-hybridized carbons (Fsp3) is 0.235. The molecule has 0 amide bonds. The third-order valence-corrected chi connectivity index (χ3v) is 3.54. The second-order valence-corrected chi connectivity index (χ2v) is 5.46. The van der Waals surface area contributed by atoms with Crippen molar-refractivity contribution in [2.24, 2.45) is 0 Å². The SMILES string of the molecule is CC(C)c1ccc(CNc2ccc(C#N)cc2Cl)cc1. The van der Waals surface area contributed by atoms with Crippen molar-refractivity contribution in [2.45, 2.75) is 26.3 Å². The molecule has 0 saturated heterocycles. The largest absolute Gasteiger partial charge is 0.380 e. The molecule has 0 aliphatic heterocycles. The summed E-state index contributed by atoms with van der Waals surface area (Å²) in [6.07, 6.45) is 0. The van der Waals surface area contributed by atoms with Gasteiger partial charge in [0.2, 0.25) is 0 Å². The monoisotopic (exact) mass is 284 g/mol. The smallest absolute Gasteiger partial charge is 0.0992 e. The topological polar surface area (TPSA) is 35.8 Å². The average molecular weight is 285 g/mol. The fourth-order valence-corrected chi connectivity index (χ4v) is 2.19. The predicted octanol–water partition coefficient (Wildman–Crippen LogP) is 4.95.